The van der Waals surface area contributed by atoms with Gasteiger partial charge in [0.2, 0.25) is 0 Å². The number of aliphatic carboxylic acids is 1. The molecule has 0 spiro atoms. The lowest BCUT2D eigenvalue weighted by atomic mass is 9.94. The minimum atomic E-state index is -0.705. The molecule has 4 heteroatoms. The highest BCUT2D eigenvalue weighted by Gasteiger charge is 2.09. The normalized spacial score (nSPS) is 11.6. The van der Waals surface area contributed by atoms with E-state index in [0.29, 0.717) is 11.2 Å². The second kappa shape index (κ2) is 6.60. The predicted molar refractivity (Wildman–Crippen MR) is 61.2 cm³/mol. The molecule has 0 aromatic heterocycles. The van der Waals surface area contributed by atoms with E-state index in [1.165, 1.54) is 6.42 Å². The minimum absolute atomic E-state index is 0.271. The molecule has 0 aliphatic rings. The maximum absolute atomic E-state index is 10.2. The number of carboxylic acid groups (broad SMARTS) is 1. The summed E-state index contributed by atoms with van der Waals surface area (Å²) in [5.41, 5.74) is 0.389. The molecule has 78 valence electrons. The van der Waals surface area contributed by atoms with E-state index in [1.54, 1.807) is 21.6 Å². The van der Waals surface area contributed by atoms with Crippen LogP contribution in [0.5, 0.6) is 0 Å². The molecule has 0 atom stereocenters. The smallest absolute Gasteiger partial charge is 0.304 e. The van der Waals surface area contributed by atoms with Crippen LogP contribution in [0.1, 0.15) is 33.6 Å². The number of rotatable bonds is 6. The van der Waals surface area contributed by atoms with Gasteiger partial charge in [0.25, 0.3) is 0 Å². The molecule has 0 aromatic carbocycles. The van der Waals surface area contributed by atoms with Crippen molar-refractivity contribution < 1.29 is 9.90 Å². The average Bonchev–Trinajstić information content (AvgIpc) is 1.93. The summed E-state index contributed by atoms with van der Waals surface area (Å²) in [6.45, 7) is 6.65. The van der Waals surface area contributed by atoms with Crippen molar-refractivity contribution in [1.82, 2.24) is 0 Å². The highest BCUT2D eigenvalue weighted by Crippen LogP contribution is 2.28. The molecule has 13 heavy (non-hydrogen) atoms. The molecule has 0 aliphatic carbocycles. The zero-order chi connectivity index (χ0) is 10.3. The molecule has 0 aliphatic heterocycles. The Kier molecular flexibility index (Phi) is 6.68. The number of hydrogen-bond donors (Lipinski definition) is 1. The van der Waals surface area contributed by atoms with E-state index in [-0.39, 0.29) is 6.42 Å². The van der Waals surface area contributed by atoms with Crippen LogP contribution >= 0.6 is 21.6 Å². The third-order valence-electron chi connectivity index (χ3n) is 1.42. The van der Waals surface area contributed by atoms with Gasteiger partial charge in [0.1, 0.15) is 0 Å². The monoisotopic (exact) mass is 222 g/mol. The molecular weight excluding hydrogens is 204 g/mol. The Morgan fingerprint density at radius 2 is 1.77 bits per heavy atom. The summed E-state index contributed by atoms with van der Waals surface area (Å²) in [6, 6.07) is 0. The molecule has 0 rings (SSSR count). The lowest BCUT2D eigenvalue weighted by Gasteiger charge is -2.16. The standard InChI is InChI=1S/C9H18O2S2/c1-9(2,3)5-7-13-12-6-4-8(10)11/h4-7H2,1-3H3,(H,10,11). The zero-order valence-electron chi connectivity index (χ0n) is 8.50. The van der Waals surface area contributed by atoms with Crippen molar-refractivity contribution in [2.75, 3.05) is 11.5 Å². The third kappa shape index (κ3) is 12.2. The van der Waals surface area contributed by atoms with Gasteiger partial charge >= 0.3 is 5.97 Å². The average molecular weight is 222 g/mol. The first-order valence-electron chi connectivity index (χ1n) is 4.38. The van der Waals surface area contributed by atoms with Crippen LogP contribution < -0.4 is 0 Å². The number of hydrogen-bond acceptors (Lipinski definition) is 3. The molecule has 0 amide bonds. The lowest BCUT2D eigenvalue weighted by molar-refractivity contribution is -0.136. The van der Waals surface area contributed by atoms with Gasteiger partial charge in [-0.25, -0.2) is 0 Å². The van der Waals surface area contributed by atoms with Crippen LogP contribution in [0.25, 0.3) is 0 Å². The van der Waals surface area contributed by atoms with Crippen molar-refractivity contribution in [1.29, 1.82) is 0 Å². The van der Waals surface area contributed by atoms with Gasteiger partial charge in [0, 0.05) is 11.5 Å². The molecular formula is C9H18O2S2. The Balaban J connectivity index is 3.13. The second-order valence-electron chi connectivity index (χ2n) is 4.10. The fourth-order valence-corrected chi connectivity index (χ4v) is 2.99. The van der Waals surface area contributed by atoms with Crippen molar-refractivity contribution in [3.63, 3.8) is 0 Å². The minimum Gasteiger partial charge on any atom is -0.481 e. The Bertz CT molecular complexity index is 152. The summed E-state index contributed by atoms with van der Waals surface area (Å²) in [4.78, 5) is 10.2. The maximum Gasteiger partial charge on any atom is 0.304 e. The van der Waals surface area contributed by atoms with E-state index < -0.39 is 5.97 Å². The third-order valence-corrected chi connectivity index (χ3v) is 3.83. The Morgan fingerprint density at radius 3 is 2.23 bits per heavy atom. The number of carbonyl (C=O) groups is 1. The summed E-state index contributed by atoms with van der Waals surface area (Å²) in [7, 11) is 3.43. The molecule has 0 fully saturated rings. The molecule has 0 aromatic rings. The van der Waals surface area contributed by atoms with Gasteiger partial charge < -0.3 is 5.11 Å². The fourth-order valence-electron chi connectivity index (χ4n) is 0.595. The quantitative estimate of drug-likeness (QED) is 0.553. The number of carboxylic acids is 1. The molecule has 1 N–H and O–H groups in total. The van der Waals surface area contributed by atoms with Gasteiger partial charge in [-0.2, -0.15) is 0 Å². The van der Waals surface area contributed by atoms with Crippen molar-refractivity contribution in [3.8, 4) is 0 Å². The summed E-state index contributed by atoms with van der Waals surface area (Å²) in [6.07, 6.45) is 1.45. The summed E-state index contributed by atoms with van der Waals surface area (Å²) in [5, 5.41) is 8.38. The molecule has 0 unspecified atom stereocenters. The van der Waals surface area contributed by atoms with Gasteiger partial charge in [-0.3, -0.25) is 4.79 Å². The van der Waals surface area contributed by atoms with E-state index in [4.69, 9.17) is 5.11 Å². The first-order chi connectivity index (χ1) is 5.92. The van der Waals surface area contributed by atoms with Crippen molar-refractivity contribution >= 4 is 27.6 Å². The van der Waals surface area contributed by atoms with Crippen molar-refractivity contribution in [2.24, 2.45) is 5.41 Å². The van der Waals surface area contributed by atoms with E-state index in [2.05, 4.69) is 20.8 Å². The fraction of sp³-hybridized carbons (Fsp3) is 0.889. The second-order valence-corrected chi connectivity index (χ2v) is 6.80. The molecule has 0 saturated heterocycles. The van der Waals surface area contributed by atoms with Gasteiger partial charge in [0.05, 0.1) is 6.42 Å². The first-order valence-corrected chi connectivity index (χ1v) is 6.87. The largest absolute Gasteiger partial charge is 0.481 e. The van der Waals surface area contributed by atoms with Gasteiger partial charge in [-0.05, 0) is 11.8 Å². The SMILES string of the molecule is CC(C)(C)CCSSCCC(=O)O. The zero-order valence-corrected chi connectivity index (χ0v) is 10.1. The summed E-state index contributed by atoms with van der Waals surface area (Å²) in [5.74, 6) is 1.11. The van der Waals surface area contributed by atoms with Crippen LogP contribution in [0.15, 0.2) is 0 Å². The molecule has 0 bridgehead atoms. The van der Waals surface area contributed by atoms with Crippen molar-refractivity contribution in [3.05, 3.63) is 0 Å². The molecule has 0 radical (unpaired) electrons. The van der Waals surface area contributed by atoms with Crippen LogP contribution in [0.3, 0.4) is 0 Å². The predicted octanol–water partition coefficient (Wildman–Crippen LogP) is 3.28. The van der Waals surface area contributed by atoms with E-state index in [0.717, 1.165) is 5.75 Å². The molecule has 2 nitrogen and oxygen atoms in total. The van der Waals surface area contributed by atoms with Gasteiger partial charge in [-0.1, -0.05) is 42.4 Å². The molecule has 0 heterocycles. The molecule has 0 saturated carbocycles. The van der Waals surface area contributed by atoms with Crippen LogP contribution in [0, 0.1) is 5.41 Å². The van der Waals surface area contributed by atoms with Gasteiger partial charge in [0.15, 0.2) is 0 Å². The highest BCUT2D eigenvalue weighted by molar-refractivity contribution is 8.76. The van der Waals surface area contributed by atoms with Crippen LogP contribution in [0.2, 0.25) is 0 Å². The Labute approximate surface area is 88.3 Å². The van der Waals surface area contributed by atoms with Crippen LogP contribution in [-0.2, 0) is 4.79 Å². The lowest BCUT2D eigenvalue weighted by Crippen LogP contribution is -2.05. The Morgan fingerprint density at radius 1 is 1.23 bits per heavy atom. The van der Waals surface area contributed by atoms with Gasteiger partial charge in [-0.15, -0.1) is 0 Å². The summed E-state index contributed by atoms with van der Waals surface area (Å²) < 4.78 is 0. The van der Waals surface area contributed by atoms with Crippen LogP contribution in [0.4, 0.5) is 0 Å². The van der Waals surface area contributed by atoms with Crippen molar-refractivity contribution in [2.45, 2.75) is 33.6 Å². The van der Waals surface area contributed by atoms with E-state index >= 15 is 0 Å². The topological polar surface area (TPSA) is 37.3 Å². The van der Waals surface area contributed by atoms with Crippen LogP contribution in [-0.4, -0.2) is 22.6 Å². The van der Waals surface area contributed by atoms with E-state index in [1.807, 2.05) is 0 Å². The summed E-state index contributed by atoms with van der Waals surface area (Å²) >= 11 is 0. The first kappa shape index (κ1) is 13.2. The highest BCUT2D eigenvalue weighted by atomic mass is 33.1. The Hall–Kier alpha value is 0.170. The maximum atomic E-state index is 10.2. The van der Waals surface area contributed by atoms with E-state index in [9.17, 15) is 4.79 Å².